The van der Waals surface area contributed by atoms with Crippen LogP contribution in [0.1, 0.15) is 40.7 Å². The predicted molar refractivity (Wildman–Crippen MR) is 76.1 cm³/mol. The van der Waals surface area contributed by atoms with Crippen LogP contribution in [0.3, 0.4) is 0 Å². The van der Waals surface area contributed by atoms with Gasteiger partial charge in [-0.3, -0.25) is 4.79 Å². The average Bonchev–Trinajstić information content (AvgIpc) is 3.15. The molecule has 0 saturated carbocycles. The van der Waals surface area contributed by atoms with Gasteiger partial charge in [-0.05, 0) is 30.0 Å². The zero-order valence-corrected chi connectivity index (χ0v) is 12.1. The molecule has 0 N–H and O–H groups in total. The maximum atomic E-state index is 12.8. The molecule has 3 aliphatic heterocycles. The highest BCUT2D eigenvalue weighted by atomic mass is 16.6. The Morgan fingerprint density at radius 1 is 1.14 bits per heavy atom. The van der Waals surface area contributed by atoms with E-state index in [0.717, 1.165) is 37.0 Å². The second-order valence-electron chi connectivity index (χ2n) is 6.36. The minimum absolute atomic E-state index is 0.0563. The molecule has 1 aromatic rings. The molecule has 0 aliphatic carbocycles. The maximum Gasteiger partial charge on any atom is 0.166 e. The number of carbonyl (C=O) groups is 1. The summed E-state index contributed by atoms with van der Waals surface area (Å²) in [6.45, 7) is 3.34. The summed E-state index contributed by atoms with van der Waals surface area (Å²) < 4.78 is 16.8. The number of hydrogen-bond acceptors (Lipinski definition) is 4. The topological polar surface area (TPSA) is 44.8 Å². The van der Waals surface area contributed by atoms with Crippen LogP contribution in [0.4, 0.5) is 0 Å². The van der Waals surface area contributed by atoms with Gasteiger partial charge in [-0.25, -0.2) is 0 Å². The molecule has 3 heterocycles. The predicted octanol–water partition coefficient (Wildman–Crippen LogP) is 2.49. The standard InChI is InChI=1S/C17H20O4/c18-16(12-1-2-14-9-20-10-15(14)7-12)13-3-5-21-17(8-13)4-6-19-11-17/h1-2,7,13H,3-6,8-11H2. The Hall–Kier alpha value is -1.23. The molecule has 1 spiro atoms. The molecule has 0 bridgehead atoms. The normalized spacial score (nSPS) is 31.5. The number of hydrogen-bond donors (Lipinski definition) is 0. The van der Waals surface area contributed by atoms with Gasteiger partial charge in [0.2, 0.25) is 0 Å². The van der Waals surface area contributed by atoms with Gasteiger partial charge >= 0.3 is 0 Å². The Kier molecular flexibility index (Phi) is 3.32. The molecule has 21 heavy (non-hydrogen) atoms. The van der Waals surface area contributed by atoms with E-state index in [1.54, 1.807) is 0 Å². The number of Topliss-reactive ketones (excluding diaryl/α,β-unsaturated/α-hetero) is 1. The summed E-state index contributed by atoms with van der Waals surface area (Å²) in [5, 5.41) is 0. The summed E-state index contributed by atoms with van der Waals surface area (Å²) in [6.07, 6.45) is 2.52. The summed E-state index contributed by atoms with van der Waals surface area (Å²) in [6, 6.07) is 5.99. The summed E-state index contributed by atoms with van der Waals surface area (Å²) in [7, 11) is 0. The summed E-state index contributed by atoms with van der Waals surface area (Å²) in [4.78, 5) is 12.8. The van der Waals surface area contributed by atoms with Gasteiger partial charge < -0.3 is 14.2 Å². The average molecular weight is 288 g/mol. The second kappa shape index (κ2) is 5.20. The molecule has 1 aromatic carbocycles. The van der Waals surface area contributed by atoms with Crippen LogP contribution < -0.4 is 0 Å². The van der Waals surface area contributed by atoms with Crippen molar-refractivity contribution >= 4 is 5.78 Å². The van der Waals surface area contributed by atoms with Gasteiger partial charge in [-0.1, -0.05) is 12.1 Å². The largest absolute Gasteiger partial charge is 0.378 e. The number of benzene rings is 1. The Balaban J connectivity index is 1.54. The van der Waals surface area contributed by atoms with Crippen LogP contribution in [0.25, 0.3) is 0 Å². The Morgan fingerprint density at radius 2 is 2.05 bits per heavy atom. The number of ether oxygens (including phenoxy) is 3. The van der Waals surface area contributed by atoms with Gasteiger partial charge in [-0.2, -0.15) is 0 Å². The quantitative estimate of drug-likeness (QED) is 0.784. The van der Waals surface area contributed by atoms with Crippen molar-refractivity contribution in [1.29, 1.82) is 0 Å². The molecule has 0 aromatic heterocycles. The summed E-state index contributed by atoms with van der Waals surface area (Å²) in [5.74, 6) is 0.306. The van der Waals surface area contributed by atoms with Gasteiger partial charge in [0.1, 0.15) is 0 Å². The molecule has 2 atom stereocenters. The van der Waals surface area contributed by atoms with Crippen LogP contribution in [0.15, 0.2) is 18.2 Å². The van der Waals surface area contributed by atoms with Gasteiger partial charge in [0.25, 0.3) is 0 Å². The molecule has 0 amide bonds. The van der Waals surface area contributed by atoms with Crippen LogP contribution in [0.2, 0.25) is 0 Å². The monoisotopic (exact) mass is 288 g/mol. The van der Waals surface area contributed by atoms with E-state index in [4.69, 9.17) is 14.2 Å². The van der Waals surface area contributed by atoms with Crippen molar-refractivity contribution < 1.29 is 19.0 Å². The number of fused-ring (bicyclic) bond motifs is 1. The van der Waals surface area contributed by atoms with Crippen LogP contribution in [0.5, 0.6) is 0 Å². The first-order chi connectivity index (χ1) is 10.3. The smallest absolute Gasteiger partial charge is 0.166 e. The van der Waals surface area contributed by atoms with E-state index in [0.29, 0.717) is 26.4 Å². The first-order valence-corrected chi connectivity index (χ1v) is 7.71. The van der Waals surface area contributed by atoms with Crippen molar-refractivity contribution in [3.63, 3.8) is 0 Å². The van der Waals surface area contributed by atoms with Crippen molar-refractivity contribution in [2.45, 2.75) is 38.1 Å². The van der Waals surface area contributed by atoms with Gasteiger partial charge in [0, 0.05) is 31.1 Å². The zero-order valence-electron chi connectivity index (χ0n) is 12.1. The third-order valence-electron chi connectivity index (χ3n) is 4.94. The van der Waals surface area contributed by atoms with E-state index in [2.05, 4.69) is 0 Å². The lowest BCUT2D eigenvalue weighted by Gasteiger charge is -2.36. The van der Waals surface area contributed by atoms with Crippen molar-refractivity contribution in [2.75, 3.05) is 19.8 Å². The molecule has 2 fully saturated rings. The second-order valence-corrected chi connectivity index (χ2v) is 6.36. The molecular formula is C17H20O4. The lowest BCUT2D eigenvalue weighted by Crippen LogP contribution is -2.42. The fourth-order valence-corrected chi connectivity index (χ4v) is 3.68. The van der Waals surface area contributed by atoms with E-state index in [1.165, 1.54) is 5.56 Å². The fraction of sp³-hybridized carbons (Fsp3) is 0.588. The van der Waals surface area contributed by atoms with Crippen molar-refractivity contribution in [1.82, 2.24) is 0 Å². The maximum absolute atomic E-state index is 12.8. The first kappa shape index (κ1) is 13.4. The van der Waals surface area contributed by atoms with Crippen LogP contribution in [-0.2, 0) is 27.4 Å². The Bertz CT molecular complexity index is 560. The zero-order chi connectivity index (χ0) is 14.3. The molecule has 0 radical (unpaired) electrons. The molecule has 112 valence electrons. The Morgan fingerprint density at radius 3 is 2.90 bits per heavy atom. The van der Waals surface area contributed by atoms with Gasteiger partial charge in [-0.15, -0.1) is 0 Å². The Labute approximate surface area is 124 Å². The number of ketones is 1. The van der Waals surface area contributed by atoms with Crippen molar-refractivity contribution in [3.05, 3.63) is 34.9 Å². The van der Waals surface area contributed by atoms with Gasteiger partial charge in [0.15, 0.2) is 5.78 Å². The van der Waals surface area contributed by atoms with E-state index >= 15 is 0 Å². The van der Waals surface area contributed by atoms with E-state index in [-0.39, 0.29) is 17.3 Å². The van der Waals surface area contributed by atoms with E-state index in [9.17, 15) is 4.79 Å². The molecule has 2 unspecified atom stereocenters. The van der Waals surface area contributed by atoms with Gasteiger partial charge in [0.05, 0.1) is 25.4 Å². The highest BCUT2D eigenvalue weighted by molar-refractivity contribution is 5.98. The molecular weight excluding hydrogens is 268 g/mol. The molecule has 4 rings (SSSR count). The molecule has 2 saturated heterocycles. The van der Waals surface area contributed by atoms with Crippen molar-refractivity contribution in [3.8, 4) is 0 Å². The third-order valence-corrected chi connectivity index (χ3v) is 4.94. The molecule has 4 nitrogen and oxygen atoms in total. The minimum atomic E-state index is -0.210. The highest BCUT2D eigenvalue weighted by Gasteiger charge is 2.43. The molecule has 4 heteroatoms. The lowest BCUT2D eigenvalue weighted by atomic mass is 9.81. The fourth-order valence-electron chi connectivity index (χ4n) is 3.68. The van der Waals surface area contributed by atoms with Crippen LogP contribution in [-0.4, -0.2) is 31.2 Å². The minimum Gasteiger partial charge on any atom is -0.378 e. The van der Waals surface area contributed by atoms with Crippen LogP contribution in [0, 0.1) is 5.92 Å². The number of carbonyl (C=O) groups excluding carboxylic acids is 1. The summed E-state index contributed by atoms with van der Waals surface area (Å²) in [5.41, 5.74) is 2.98. The van der Waals surface area contributed by atoms with E-state index < -0.39 is 0 Å². The first-order valence-electron chi connectivity index (χ1n) is 7.71. The van der Waals surface area contributed by atoms with Crippen molar-refractivity contribution in [2.24, 2.45) is 5.92 Å². The number of rotatable bonds is 2. The summed E-state index contributed by atoms with van der Waals surface area (Å²) >= 11 is 0. The SMILES string of the molecule is O=C(c1ccc2c(c1)COC2)C1CCOC2(CCOC2)C1. The third kappa shape index (κ3) is 2.41. The lowest BCUT2D eigenvalue weighted by molar-refractivity contribution is -0.0920. The van der Waals surface area contributed by atoms with E-state index in [1.807, 2.05) is 18.2 Å². The molecule has 3 aliphatic rings. The van der Waals surface area contributed by atoms with Crippen LogP contribution >= 0.6 is 0 Å². The highest BCUT2D eigenvalue weighted by Crippen LogP contribution is 2.37.